The molecule has 0 radical (unpaired) electrons. The maximum atomic E-state index is 12.1. The van der Waals surface area contributed by atoms with Gasteiger partial charge in [0.15, 0.2) is 6.10 Å². The monoisotopic (exact) mass is 354 g/mol. The minimum atomic E-state index is -3.68. The summed E-state index contributed by atoms with van der Waals surface area (Å²) >= 11 is 0. The van der Waals surface area contributed by atoms with Crippen LogP contribution < -0.4 is 10.0 Å². The molecule has 1 aromatic rings. The summed E-state index contributed by atoms with van der Waals surface area (Å²) in [6.45, 7) is 7.31. The molecule has 8 heteroatoms. The molecule has 1 aromatic carbocycles. The van der Waals surface area contributed by atoms with E-state index in [0.717, 1.165) is 0 Å². The predicted molar refractivity (Wildman–Crippen MR) is 90.0 cm³/mol. The van der Waals surface area contributed by atoms with Crippen LogP contribution in [0.3, 0.4) is 0 Å². The van der Waals surface area contributed by atoms with Crippen LogP contribution in [-0.4, -0.2) is 39.5 Å². The molecule has 0 unspecified atom stereocenters. The Hall–Kier alpha value is -2.19. The Morgan fingerprint density at radius 2 is 2.08 bits per heavy atom. The van der Waals surface area contributed by atoms with Crippen molar-refractivity contribution in [3.05, 3.63) is 42.5 Å². The van der Waals surface area contributed by atoms with Crippen LogP contribution >= 0.6 is 0 Å². The van der Waals surface area contributed by atoms with Gasteiger partial charge in [-0.2, -0.15) is 0 Å². The van der Waals surface area contributed by atoms with Gasteiger partial charge in [0.1, 0.15) is 0 Å². The van der Waals surface area contributed by atoms with Gasteiger partial charge in [-0.15, -0.1) is 6.58 Å². The Balaban J connectivity index is 2.84. The van der Waals surface area contributed by atoms with Gasteiger partial charge >= 0.3 is 5.97 Å². The van der Waals surface area contributed by atoms with Gasteiger partial charge in [0.05, 0.1) is 10.5 Å². The van der Waals surface area contributed by atoms with Crippen LogP contribution in [0.5, 0.6) is 0 Å². The van der Waals surface area contributed by atoms with E-state index in [0.29, 0.717) is 13.0 Å². The van der Waals surface area contributed by atoms with Crippen LogP contribution in [0.2, 0.25) is 0 Å². The maximum absolute atomic E-state index is 12.1. The van der Waals surface area contributed by atoms with E-state index < -0.39 is 28.0 Å². The fraction of sp³-hybridized carbons (Fsp3) is 0.375. The van der Waals surface area contributed by atoms with Gasteiger partial charge in [0, 0.05) is 13.1 Å². The second-order valence-corrected chi connectivity index (χ2v) is 6.77. The van der Waals surface area contributed by atoms with Gasteiger partial charge in [0.2, 0.25) is 10.0 Å². The molecule has 1 amide bonds. The average molecular weight is 354 g/mol. The zero-order valence-electron chi connectivity index (χ0n) is 13.7. The van der Waals surface area contributed by atoms with Crippen LogP contribution in [0, 0.1) is 0 Å². The number of benzene rings is 1. The van der Waals surface area contributed by atoms with Crippen molar-refractivity contribution in [3.63, 3.8) is 0 Å². The van der Waals surface area contributed by atoms with Crippen molar-refractivity contribution in [2.45, 2.75) is 31.3 Å². The summed E-state index contributed by atoms with van der Waals surface area (Å²) in [6.07, 6.45) is 1.15. The summed E-state index contributed by atoms with van der Waals surface area (Å²) in [5, 5.41) is 2.51. The van der Waals surface area contributed by atoms with Gasteiger partial charge in [0.25, 0.3) is 5.91 Å². The normalized spacial score (nSPS) is 12.2. The molecule has 0 fully saturated rings. The molecular weight excluding hydrogens is 332 g/mol. The van der Waals surface area contributed by atoms with E-state index in [1.165, 1.54) is 37.3 Å². The molecule has 2 N–H and O–H groups in total. The third-order valence-electron chi connectivity index (χ3n) is 3.00. The van der Waals surface area contributed by atoms with Gasteiger partial charge < -0.3 is 10.1 Å². The molecule has 0 saturated heterocycles. The molecule has 1 rings (SSSR count). The van der Waals surface area contributed by atoms with Gasteiger partial charge in [-0.1, -0.05) is 19.1 Å². The van der Waals surface area contributed by atoms with E-state index in [4.69, 9.17) is 4.74 Å². The molecule has 1 atom stereocenters. The number of ether oxygens (including phenoxy) is 1. The van der Waals surface area contributed by atoms with Crippen LogP contribution in [0.4, 0.5) is 0 Å². The summed E-state index contributed by atoms with van der Waals surface area (Å²) in [4.78, 5) is 23.7. The second-order valence-electron chi connectivity index (χ2n) is 5.01. The van der Waals surface area contributed by atoms with Gasteiger partial charge in [-0.05, 0) is 31.5 Å². The van der Waals surface area contributed by atoms with Gasteiger partial charge in [-0.3, -0.25) is 4.79 Å². The summed E-state index contributed by atoms with van der Waals surface area (Å²) in [5.41, 5.74) is 0.0535. The van der Waals surface area contributed by atoms with Gasteiger partial charge in [-0.25, -0.2) is 17.9 Å². The Morgan fingerprint density at radius 3 is 2.71 bits per heavy atom. The van der Waals surface area contributed by atoms with Crippen molar-refractivity contribution < 1.29 is 22.7 Å². The predicted octanol–water partition coefficient (Wildman–Crippen LogP) is 1.22. The minimum absolute atomic E-state index is 0.0332. The quantitative estimate of drug-likeness (QED) is 0.513. The first-order valence-corrected chi connectivity index (χ1v) is 8.99. The average Bonchev–Trinajstić information content (AvgIpc) is 2.57. The summed E-state index contributed by atoms with van der Waals surface area (Å²) in [5.74, 6) is -1.24. The number of amides is 1. The van der Waals surface area contributed by atoms with Crippen molar-refractivity contribution in [2.75, 3.05) is 13.1 Å². The zero-order valence-corrected chi connectivity index (χ0v) is 14.6. The van der Waals surface area contributed by atoms with Crippen molar-refractivity contribution in [3.8, 4) is 0 Å². The highest BCUT2D eigenvalue weighted by molar-refractivity contribution is 7.89. The lowest BCUT2D eigenvalue weighted by Gasteiger charge is -2.13. The summed E-state index contributed by atoms with van der Waals surface area (Å²) in [6, 6.07) is 5.47. The molecule has 0 heterocycles. The van der Waals surface area contributed by atoms with Crippen LogP contribution in [0.25, 0.3) is 0 Å². The minimum Gasteiger partial charge on any atom is -0.449 e. The number of esters is 1. The molecule has 0 aliphatic rings. The number of sulfonamides is 1. The molecule has 0 aromatic heterocycles. The molecule has 0 aliphatic carbocycles. The number of hydrogen-bond acceptors (Lipinski definition) is 5. The number of carbonyl (C=O) groups is 2. The SMILES string of the molecule is C=CCNC(=O)[C@H](C)OC(=O)c1cccc(S(=O)(=O)NCCC)c1. The highest BCUT2D eigenvalue weighted by Gasteiger charge is 2.20. The van der Waals surface area contributed by atoms with Crippen molar-refractivity contribution in [1.29, 1.82) is 0 Å². The van der Waals surface area contributed by atoms with Crippen molar-refractivity contribution in [1.82, 2.24) is 10.0 Å². The molecule has 0 saturated carbocycles. The third-order valence-corrected chi connectivity index (χ3v) is 4.45. The second kappa shape index (κ2) is 9.19. The van der Waals surface area contributed by atoms with Crippen LogP contribution in [-0.2, 0) is 19.6 Å². The van der Waals surface area contributed by atoms with Crippen LogP contribution in [0.15, 0.2) is 41.8 Å². The first-order valence-electron chi connectivity index (χ1n) is 7.51. The molecule has 0 aliphatic heterocycles. The molecule has 0 bridgehead atoms. The Bertz CT molecular complexity index is 700. The highest BCUT2D eigenvalue weighted by Crippen LogP contribution is 2.13. The lowest BCUT2D eigenvalue weighted by atomic mass is 10.2. The first kappa shape index (κ1) is 19.9. The largest absolute Gasteiger partial charge is 0.449 e. The number of rotatable bonds is 9. The summed E-state index contributed by atoms with van der Waals surface area (Å²) in [7, 11) is -3.68. The molecule has 0 spiro atoms. The third kappa shape index (κ3) is 5.78. The van der Waals surface area contributed by atoms with E-state index in [-0.39, 0.29) is 17.0 Å². The molecule has 132 valence electrons. The topological polar surface area (TPSA) is 102 Å². The number of nitrogens with one attached hydrogen (secondary N) is 2. The van der Waals surface area contributed by atoms with E-state index in [2.05, 4.69) is 16.6 Å². The van der Waals surface area contributed by atoms with Crippen molar-refractivity contribution in [2.24, 2.45) is 0 Å². The summed E-state index contributed by atoms with van der Waals surface area (Å²) < 4.78 is 31.6. The zero-order chi connectivity index (χ0) is 18.2. The fourth-order valence-electron chi connectivity index (χ4n) is 1.71. The maximum Gasteiger partial charge on any atom is 0.338 e. The van der Waals surface area contributed by atoms with E-state index >= 15 is 0 Å². The Kier molecular flexibility index (Phi) is 7.60. The molecular formula is C16H22N2O5S. The Labute approximate surface area is 142 Å². The number of carbonyl (C=O) groups excluding carboxylic acids is 2. The van der Waals surface area contributed by atoms with E-state index in [9.17, 15) is 18.0 Å². The van der Waals surface area contributed by atoms with Crippen LogP contribution in [0.1, 0.15) is 30.6 Å². The smallest absolute Gasteiger partial charge is 0.338 e. The first-order chi connectivity index (χ1) is 11.3. The fourth-order valence-corrected chi connectivity index (χ4v) is 2.89. The lowest BCUT2D eigenvalue weighted by Crippen LogP contribution is -2.35. The van der Waals surface area contributed by atoms with E-state index in [1.807, 2.05) is 6.92 Å². The number of hydrogen-bond donors (Lipinski definition) is 2. The highest BCUT2D eigenvalue weighted by atomic mass is 32.2. The lowest BCUT2D eigenvalue weighted by molar-refractivity contribution is -0.128. The Morgan fingerprint density at radius 1 is 1.38 bits per heavy atom. The van der Waals surface area contributed by atoms with E-state index in [1.54, 1.807) is 0 Å². The molecule has 24 heavy (non-hydrogen) atoms. The standard InChI is InChI=1S/C16H22N2O5S/c1-4-9-17-15(19)12(3)23-16(20)13-7-6-8-14(11-13)24(21,22)18-10-5-2/h4,6-8,11-12,18H,1,5,9-10H2,2-3H3,(H,17,19)/t12-/m0/s1. The molecule has 7 nitrogen and oxygen atoms in total. The van der Waals surface area contributed by atoms with Crippen molar-refractivity contribution >= 4 is 21.9 Å².